The standard InChI is InChI=1S/C14H22FN3O/c1-3-18-5-4-10(9-18)8-17-13-7-14(19-2)12(16)6-11(13)15/h6-7,10,17H,3-5,8-9,16H2,1-2H3. The number of hydrogen-bond donors (Lipinski definition) is 2. The monoisotopic (exact) mass is 267 g/mol. The smallest absolute Gasteiger partial charge is 0.148 e. The molecule has 1 aliphatic rings. The van der Waals surface area contributed by atoms with Gasteiger partial charge in [0.25, 0.3) is 0 Å². The molecule has 1 atom stereocenters. The number of nitrogens with two attached hydrogens (primary N) is 1. The van der Waals surface area contributed by atoms with Crippen LogP contribution in [0.15, 0.2) is 12.1 Å². The van der Waals surface area contributed by atoms with Crippen molar-refractivity contribution in [3.05, 3.63) is 17.9 Å². The van der Waals surface area contributed by atoms with E-state index in [1.165, 1.54) is 13.2 Å². The van der Waals surface area contributed by atoms with Crippen LogP contribution in [0.3, 0.4) is 0 Å². The first kappa shape index (κ1) is 13.9. The van der Waals surface area contributed by atoms with Gasteiger partial charge in [0.1, 0.15) is 11.6 Å². The van der Waals surface area contributed by atoms with Gasteiger partial charge in [0.05, 0.1) is 18.5 Å². The molecule has 1 fully saturated rings. The quantitative estimate of drug-likeness (QED) is 0.803. The van der Waals surface area contributed by atoms with Crippen LogP contribution in [0.25, 0.3) is 0 Å². The molecule has 1 aliphatic heterocycles. The van der Waals surface area contributed by atoms with E-state index < -0.39 is 0 Å². The topological polar surface area (TPSA) is 50.5 Å². The van der Waals surface area contributed by atoms with Gasteiger partial charge in [-0.15, -0.1) is 0 Å². The Bertz CT molecular complexity index is 439. The van der Waals surface area contributed by atoms with E-state index in [1.807, 2.05) is 0 Å². The number of hydrogen-bond acceptors (Lipinski definition) is 4. The molecule has 5 heteroatoms. The minimum atomic E-state index is -0.330. The van der Waals surface area contributed by atoms with Gasteiger partial charge in [-0.05, 0) is 25.4 Å². The lowest BCUT2D eigenvalue weighted by atomic mass is 10.1. The molecule has 19 heavy (non-hydrogen) atoms. The van der Waals surface area contributed by atoms with Crippen molar-refractivity contribution in [2.24, 2.45) is 5.92 Å². The highest BCUT2D eigenvalue weighted by atomic mass is 19.1. The van der Waals surface area contributed by atoms with Gasteiger partial charge in [-0.1, -0.05) is 6.92 Å². The zero-order valence-electron chi connectivity index (χ0n) is 11.6. The fraction of sp³-hybridized carbons (Fsp3) is 0.571. The number of nitrogen functional groups attached to an aromatic ring is 1. The van der Waals surface area contributed by atoms with Crippen molar-refractivity contribution in [3.63, 3.8) is 0 Å². The van der Waals surface area contributed by atoms with Crippen LogP contribution in [-0.4, -0.2) is 38.2 Å². The first-order valence-electron chi connectivity index (χ1n) is 6.73. The molecule has 4 nitrogen and oxygen atoms in total. The normalized spacial score (nSPS) is 19.6. The summed E-state index contributed by atoms with van der Waals surface area (Å²) in [5.41, 5.74) is 6.44. The van der Waals surface area contributed by atoms with Crippen LogP contribution >= 0.6 is 0 Å². The molecule has 0 bridgehead atoms. The molecule has 0 aliphatic carbocycles. The first-order valence-corrected chi connectivity index (χ1v) is 6.73. The van der Waals surface area contributed by atoms with Gasteiger partial charge in [0, 0.05) is 25.2 Å². The van der Waals surface area contributed by atoms with Crippen molar-refractivity contribution in [1.82, 2.24) is 4.90 Å². The molecule has 0 amide bonds. The molecular weight excluding hydrogens is 245 g/mol. The van der Waals surface area contributed by atoms with E-state index >= 15 is 0 Å². The van der Waals surface area contributed by atoms with Gasteiger partial charge < -0.3 is 20.7 Å². The molecule has 3 N–H and O–H groups in total. The number of ether oxygens (including phenoxy) is 1. The summed E-state index contributed by atoms with van der Waals surface area (Å²) in [6.45, 7) is 6.25. The average Bonchev–Trinajstić information content (AvgIpc) is 2.86. The Hall–Kier alpha value is -1.49. The predicted octanol–water partition coefficient (Wildman–Crippen LogP) is 2.17. The van der Waals surface area contributed by atoms with Crippen molar-refractivity contribution in [2.45, 2.75) is 13.3 Å². The minimum absolute atomic E-state index is 0.323. The van der Waals surface area contributed by atoms with Gasteiger partial charge >= 0.3 is 0 Å². The van der Waals surface area contributed by atoms with E-state index in [0.717, 1.165) is 32.6 Å². The molecular formula is C14H22FN3O. The number of anilines is 2. The summed E-state index contributed by atoms with van der Waals surface area (Å²) < 4.78 is 18.9. The molecule has 1 aromatic carbocycles. The van der Waals surface area contributed by atoms with Crippen LogP contribution in [-0.2, 0) is 0 Å². The van der Waals surface area contributed by atoms with Crippen molar-refractivity contribution in [2.75, 3.05) is 44.3 Å². The van der Waals surface area contributed by atoms with E-state index in [0.29, 0.717) is 23.0 Å². The number of nitrogens with zero attached hydrogens (tertiary/aromatic N) is 1. The lowest BCUT2D eigenvalue weighted by Gasteiger charge is -2.15. The second kappa shape index (κ2) is 6.10. The summed E-state index contributed by atoms with van der Waals surface area (Å²) in [6.07, 6.45) is 1.16. The lowest BCUT2D eigenvalue weighted by Crippen LogP contribution is -2.22. The summed E-state index contributed by atoms with van der Waals surface area (Å²) >= 11 is 0. The Morgan fingerprint density at radius 3 is 2.95 bits per heavy atom. The molecule has 1 aromatic rings. The largest absolute Gasteiger partial charge is 0.495 e. The summed E-state index contributed by atoms with van der Waals surface area (Å²) in [6, 6.07) is 2.92. The number of likely N-dealkylation sites (tertiary alicyclic amines) is 1. The maximum absolute atomic E-state index is 13.8. The maximum Gasteiger partial charge on any atom is 0.148 e. The second-order valence-corrected chi connectivity index (χ2v) is 5.00. The summed E-state index contributed by atoms with van der Waals surface area (Å²) in [5, 5.41) is 3.16. The van der Waals surface area contributed by atoms with Gasteiger partial charge in [-0.3, -0.25) is 0 Å². The van der Waals surface area contributed by atoms with Crippen LogP contribution in [0.4, 0.5) is 15.8 Å². The molecule has 1 unspecified atom stereocenters. The molecule has 0 aromatic heterocycles. The SMILES string of the molecule is CCN1CCC(CNc2cc(OC)c(N)cc2F)C1. The highest BCUT2D eigenvalue weighted by Gasteiger charge is 2.21. The third kappa shape index (κ3) is 3.29. The predicted molar refractivity (Wildman–Crippen MR) is 76.1 cm³/mol. The van der Waals surface area contributed by atoms with Gasteiger partial charge in [-0.25, -0.2) is 4.39 Å². The Labute approximate surface area is 113 Å². The second-order valence-electron chi connectivity index (χ2n) is 5.00. The fourth-order valence-electron chi connectivity index (χ4n) is 2.50. The van der Waals surface area contributed by atoms with E-state index in [-0.39, 0.29) is 5.82 Å². The number of halogens is 1. The van der Waals surface area contributed by atoms with E-state index in [4.69, 9.17) is 10.5 Å². The Balaban J connectivity index is 1.96. The van der Waals surface area contributed by atoms with E-state index in [9.17, 15) is 4.39 Å². The van der Waals surface area contributed by atoms with Crippen LogP contribution in [0.1, 0.15) is 13.3 Å². The fourth-order valence-corrected chi connectivity index (χ4v) is 2.50. The Morgan fingerprint density at radius 1 is 1.53 bits per heavy atom. The number of methoxy groups -OCH3 is 1. The molecule has 0 spiro atoms. The van der Waals surface area contributed by atoms with Gasteiger partial charge in [-0.2, -0.15) is 0 Å². The average molecular weight is 267 g/mol. The van der Waals surface area contributed by atoms with Crippen molar-refractivity contribution in [3.8, 4) is 5.75 Å². The molecule has 1 heterocycles. The van der Waals surface area contributed by atoms with Crippen molar-refractivity contribution >= 4 is 11.4 Å². The number of nitrogens with one attached hydrogen (secondary N) is 1. The maximum atomic E-state index is 13.8. The Kier molecular flexibility index (Phi) is 4.47. The third-order valence-corrected chi connectivity index (χ3v) is 3.72. The molecule has 106 valence electrons. The lowest BCUT2D eigenvalue weighted by molar-refractivity contribution is 0.345. The summed E-state index contributed by atoms with van der Waals surface area (Å²) in [7, 11) is 1.53. The van der Waals surface area contributed by atoms with Gasteiger partial charge in [0.2, 0.25) is 0 Å². The third-order valence-electron chi connectivity index (χ3n) is 3.72. The molecule has 0 saturated carbocycles. The van der Waals surface area contributed by atoms with E-state index in [2.05, 4.69) is 17.1 Å². The van der Waals surface area contributed by atoms with Crippen LogP contribution in [0, 0.1) is 11.7 Å². The minimum Gasteiger partial charge on any atom is -0.495 e. The zero-order valence-corrected chi connectivity index (χ0v) is 11.6. The molecule has 2 rings (SSSR count). The zero-order chi connectivity index (χ0) is 13.8. The molecule has 0 radical (unpaired) electrons. The van der Waals surface area contributed by atoms with Crippen molar-refractivity contribution in [1.29, 1.82) is 0 Å². The Morgan fingerprint density at radius 2 is 2.32 bits per heavy atom. The summed E-state index contributed by atoms with van der Waals surface area (Å²) in [5.74, 6) is 0.747. The highest BCUT2D eigenvalue weighted by Crippen LogP contribution is 2.28. The van der Waals surface area contributed by atoms with E-state index in [1.54, 1.807) is 6.07 Å². The van der Waals surface area contributed by atoms with Crippen LogP contribution in [0.2, 0.25) is 0 Å². The number of rotatable bonds is 5. The van der Waals surface area contributed by atoms with Crippen LogP contribution in [0.5, 0.6) is 5.75 Å². The van der Waals surface area contributed by atoms with Gasteiger partial charge in [0.15, 0.2) is 0 Å². The number of benzene rings is 1. The first-order chi connectivity index (χ1) is 9.13. The highest BCUT2D eigenvalue weighted by molar-refractivity contribution is 5.62. The summed E-state index contributed by atoms with van der Waals surface area (Å²) in [4.78, 5) is 2.41. The van der Waals surface area contributed by atoms with Crippen LogP contribution < -0.4 is 15.8 Å². The molecule has 1 saturated heterocycles. The van der Waals surface area contributed by atoms with Crippen molar-refractivity contribution < 1.29 is 9.13 Å².